The Balaban J connectivity index is 1.28. The standard InChI is InChI=1S/C44H29BN2O4/c48-28-51-36-22-18-30(19-23-36)33-21-25-38-42(27-33)47(35-10-5-2-6-11-35)40-13-7-12-39-43(40)45(38)37-24-20-32(29-14-16-31(17-15-29)44(49)50)26-41(37)46(39)34-8-3-1-4-9-34/h1-28H,(H,49,50). The summed E-state index contributed by atoms with van der Waals surface area (Å²) in [4.78, 5) is 27.2. The first kappa shape index (κ1) is 30.2. The van der Waals surface area contributed by atoms with E-state index in [2.05, 4.69) is 113 Å². The van der Waals surface area contributed by atoms with Gasteiger partial charge >= 0.3 is 5.97 Å². The average molecular weight is 661 g/mol. The van der Waals surface area contributed by atoms with Crippen molar-refractivity contribution in [3.63, 3.8) is 0 Å². The van der Waals surface area contributed by atoms with Crippen LogP contribution >= 0.6 is 0 Å². The number of carboxylic acids is 1. The van der Waals surface area contributed by atoms with Crippen LogP contribution in [0.5, 0.6) is 5.75 Å². The quantitative estimate of drug-likeness (QED) is 0.137. The van der Waals surface area contributed by atoms with E-state index in [1.165, 1.54) is 16.4 Å². The number of anilines is 6. The average Bonchev–Trinajstić information content (AvgIpc) is 3.18. The van der Waals surface area contributed by atoms with Crippen LogP contribution in [-0.4, -0.2) is 24.3 Å². The van der Waals surface area contributed by atoms with Crippen molar-refractivity contribution in [3.8, 4) is 28.0 Å². The molecule has 7 heteroatoms. The lowest BCUT2D eigenvalue weighted by Gasteiger charge is -2.44. The normalized spacial score (nSPS) is 12.4. The van der Waals surface area contributed by atoms with Crippen molar-refractivity contribution in [3.05, 3.63) is 169 Å². The van der Waals surface area contributed by atoms with Gasteiger partial charge in [0.05, 0.1) is 5.56 Å². The molecule has 2 aliphatic rings. The maximum atomic E-state index is 11.6. The summed E-state index contributed by atoms with van der Waals surface area (Å²) in [5.74, 6) is -0.444. The lowest BCUT2D eigenvalue weighted by molar-refractivity contribution is -0.120. The fraction of sp³-hybridized carbons (Fsp3) is 0. The molecule has 2 aliphatic heterocycles. The van der Waals surface area contributed by atoms with Crippen molar-refractivity contribution in [2.24, 2.45) is 0 Å². The van der Waals surface area contributed by atoms with Crippen LogP contribution in [0.15, 0.2) is 164 Å². The van der Waals surface area contributed by atoms with Gasteiger partial charge in [-0.3, -0.25) is 4.79 Å². The van der Waals surface area contributed by atoms with Crippen molar-refractivity contribution in [2.45, 2.75) is 0 Å². The van der Waals surface area contributed by atoms with E-state index in [4.69, 9.17) is 4.74 Å². The Hall–Kier alpha value is -6.86. The highest BCUT2D eigenvalue weighted by atomic mass is 16.5. The summed E-state index contributed by atoms with van der Waals surface area (Å²) in [6.07, 6.45) is 0. The van der Waals surface area contributed by atoms with E-state index in [0.29, 0.717) is 12.2 Å². The molecule has 2 heterocycles. The number of hydrogen-bond donors (Lipinski definition) is 1. The number of carbonyl (C=O) groups is 2. The predicted molar refractivity (Wildman–Crippen MR) is 205 cm³/mol. The second kappa shape index (κ2) is 12.2. The highest BCUT2D eigenvalue weighted by molar-refractivity contribution is 7.00. The topological polar surface area (TPSA) is 70.1 Å². The van der Waals surface area contributed by atoms with Crippen LogP contribution in [0, 0.1) is 0 Å². The number of aromatic carboxylic acids is 1. The monoisotopic (exact) mass is 660 g/mol. The first-order valence-electron chi connectivity index (χ1n) is 16.7. The second-order valence-corrected chi connectivity index (χ2v) is 12.7. The van der Waals surface area contributed by atoms with E-state index in [9.17, 15) is 14.7 Å². The number of hydrogen-bond acceptors (Lipinski definition) is 5. The smallest absolute Gasteiger partial charge is 0.335 e. The Morgan fingerprint density at radius 2 is 1.00 bits per heavy atom. The molecule has 0 unspecified atom stereocenters. The molecule has 0 spiro atoms. The highest BCUT2D eigenvalue weighted by Crippen LogP contribution is 2.45. The molecule has 7 aromatic carbocycles. The van der Waals surface area contributed by atoms with Gasteiger partial charge in [-0.1, -0.05) is 91.0 Å². The van der Waals surface area contributed by atoms with Gasteiger partial charge in [0, 0.05) is 34.1 Å². The summed E-state index contributed by atoms with van der Waals surface area (Å²) in [5.41, 5.74) is 14.4. The molecule has 0 amide bonds. The molecule has 9 rings (SSSR count). The van der Waals surface area contributed by atoms with Crippen LogP contribution < -0.4 is 30.9 Å². The van der Waals surface area contributed by atoms with Crippen LogP contribution in [0.2, 0.25) is 0 Å². The molecule has 0 fully saturated rings. The third-order valence-corrected chi connectivity index (χ3v) is 9.86. The minimum absolute atomic E-state index is 0.0537. The molecular weight excluding hydrogens is 631 g/mol. The summed E-state index contributed by atoms with van der Waals surface area (Å²) in [6, 6.07) is 55.4. The van der Waals surface area contributed by atoms with Crippen molar-refractivity contribution >= 4 is 69.7 Å². The molecule has 51 heavy (non-hydrogen) atoms. The zero-order valence-corrected chi connectivity index (χ0v) is 27.3. The van der Waals surface area contributed by atoms with E-state index >= 15 is 0 Å². The second-order valence-electron chi connectivity index (χ2n) is 12.7. The number of ether oxygens (including phenoxy) is 1. The van der Waals surface area contributed by atoms with Gasteiger partial charge in [0.25, 0.3) is 13.2 Å². The molecular formula is C44H29BN2O4. The maximum absolute atomic E-state index is 11.6. The first-order chi connectivity index (χ1) is 25.1. The largest absolute Gasteiger partial charge is 0.478 e. The van der Waals surface area contributed by atoms with Crippen LogP contribution in [-0.2, 0) is 4.79 Å². The molecule has 0 saturated heterocycles. The van der Waals surface area contributed by atoms with E-state index in [1.807, 2.05) is 48.5 Å². The Labute approximate surface area is 295 Å². The summed E-state index contributed by atoms with van der Waals surface area (Å²) < 4.78 is 5.06. The summed E-state index contributed by atoms with van der Waals surface area (Å²) in [6.45, 7) is 0.387. The van der Waals surface area contributed by atoms with Gasteiger partial charge in [0.15, 0.2) is 0 Å². The Kier molecular flexibility index (Phi) is 7.25. The molecule has 0 radical (unpaired) electrons. The zero-order valence-electron chi connectivity index (χ0n) is 27.3. The molecule has 0 aliphatic carbocycles. The highest BCUT2D eigenvalue weighted by Gasteiger charge is 2.43. The van der Waals surface area contributed by atoms with Gasteiger partial charge in [-0.15, -0.1) is 0 Å². The molecule has 0 saturated carbocycles. The summed E-state index contributed by atoms with van der Waals surface area (Å²) >= 11 is 0. The third-order valence-electron chi connectivity index (χ3n) is 9.86. The van der Waals surface area contributed by atoms with Crippen LogP contribution in [0.25, 0.3) is 22.3 Å². The minimum atomic E-state index is -0.942. The summed E-state index contributed by atoms with van der Waals surface area (Å²) in [5, 5.41) is 9.50. The maximum Gasteiger partial charge on any atom is 0.335 e. The van der Waals surface area contributed by atoms with Crippen molar-refractivity contribution in [1.29, 1.82) is 0 Å². The molecule has 1 N–H and O–H groups in total. The van der Waals surface area contributed by atoms with Gasteiger partial charge in [-0.25, -0.2) is 4.79 Å². The molecule has 6 nitrogen and oxygen atoms in total. The lowest BCUT2D eigenvalue weighted by Crippen LogP contribution is -2.61. The minimum Gasteiger partial charge on any atom is -0.478 e. The Bertz CT molecular complexity index is 2450. The van der Waals surface area contributed by atoms with Crippen molar-refractivity contribution in [2.75, 3.05) is 9.80 Å². The molecule has 242 valence electrons. The predicted octanol–water partition coefficient (Wildman–Crippen LogP) is 8.34. The number of benzene rings is 7. The van der Waals surface area contributed by atoms with Gasteiger partial charge in [0.1, 0.15) is 5.75 Å². The molecule has 7 aromatic rings. The van der Waals surface area contributed by atoms with Crippen LogP contribution in [0.1, 0.15) is 10.4 Å². The number of rotatable bonds is 7. The molecule has 0 bridgehead atoms. The van der Waals surface area contributed by atoms with Crippen LogP contribution in [0.3, 0.4) is 0 Å². The summed E-state index contributed by atoms with van der Waals surface area (Å²) in [7, 11) is 0. The Morgan fingerprint density at radius 1 is 0.529 bits per heavy atom. The zero-order chi connectivity index (χ0) is 34.5. The number of carboxylic acid groups (broad SMARTS) is 1. The van der Waals surface area contributed by atoms with Gasteiger partial charge in [-0.05, 0) is 111 Å². The number of carbonyl (C=O) groups excluding carboxylic acids is 1. The SMILES string of the molecule is O=COc1ccc(-c2ccc3c(c2)N(c2ccccc2)c2cccc4c2B3c2ccc(-c3ccc(C(=O)O)cc3)cc2N4c2ccccc2)cc1. The van der Waals surface area contributed by atoms with Crippen LogP contribution in [0.4, 0.5) is 34.1 Å². The fourth-order valence-corrected chi connectivity index (χ4v) is 7.58. The van der Waals surface area contributed by atoms with Crippen molar-refractivity contribution < 1.29 is 19.4 Å². The molecule has 0 aromatic heterocycles. The molecule has 0 atom stereocenters. The van der Waals surface area contributed by atoms with Gasteiger partial charge < -0.3 is 19.6 Å². The number of nitrogens with zero attached hydrogens (tertiary/aromatic N) is 2. The van der Waals surface area contributed by atoms with E-state index in [-0.39, 0.29) is 12.3 Å². The van der Waals surface area contributed by atoms with E-state index in [1.54, 1.807) is 12.1 Å². The van der Waals surface area contributed by atoms with Gasteiger partial charge in [0.2, 0.25) is 0 Å². The lowest BCUT2D eigenvalue weighted by atomic mass is 9.33. The fourth-order valence-electron chi connectivity index (χ4n) is 7.58. The first-order valence-corrected chi connectivity index (χ1v) is 16.7. The Morgan fingerprint density at radius 3 is 1.47 bits per heavy atom. The van der Waals surface area contributed by atoms with Crippen molar-refractivity contribution in [1.82, 2.24) is 0 Å². The number of para-hydroxylation sites is 2. The number of fused-ring (bicyclic) bond motifs is 4. The van der Waals surface area contributed by atoms with E-state index in [0.717, 1.165) is 56.4 Å². The van der Waals surface area contributed by atoms with Gasteiger partial charge in [-0.2, -0.15) is 0 Å². The van der Waals surface area contributed by atoms with E-state index < -0.39 is 5.97 Å². The third kappa shape index (κ3) is 5.06.